The van der Waals surface area contributed by atoms with E-state index in [1.807, 2.05) is 26.0 Å². The van der Waals surface area contributed by atoms with Gasteiger partial charge in [0.15, 0.2) is 0 Å². The zero-order valence-electron chi connectivity index (χ0n) is 14.3. The molecule has 0 aliphatic carbocycles. The van der Waals surface area contributed by atoms with E-state index < -0.39 is 5.91 Å². The van der Waals surface area contributed by atoms with E-state index >= 15 is 0 Å². The molecule has 0 saturated carbocycles. The molecule has 0 bridgehead atoms. The molecule has 0 spiro atoms. The third kappa shape index (κ3) is 2.67. The van der Waals surface area contributed by atoms with Crippen LogP contribution in [0.25, 0.3) is 11.3 Å². The normalized spacial score (nSPS) is 10.5. The Morgan fingerprint density at radius 1 is 1.25 bits per heavy atom. The number of hydrogen-bond donors (Lipinski definition) is 2. The maximum atomic E-state index is 12.9. The van der Waals surface area contributed by atoms with Gasteiger partial charge in [0.25, 0.3) is 11.5 Å². The number of pyridine rings is 1. The first-order valence-corrected chi connectivity index (χ1v) is 7.36. The molecular weight excluding hydrogens is 306 g/mol. The molecule has 2 rings (SSSR count). The number of aryl methyl sites for hydroxylation is 1. The van der Waals surface area contributed by atoms with Gasteiger partial charge >= 0.3 is 0 Å². The molecule has 0 fully saturated rings. The Morgan fingerprint density at radius 2 is 1.88 bits per heavy atom. The first-order chi connectivity index (χ1) is 11.2. The summed E-state index contributed by atoms with van der Waals surface area (Å²) in [7, 11) is 1.55. The second kappa shape index (κ2) is 6.23. The Balaban J connectivity index is 3.03. The second-order valence-electron chi connectivity index (χ2n) is 5.70. The maximum Gasteiger partial charge on any atom is 0.264 e. The van der Waals surface area contributed by atoms with Crippen molar-refractivity contribution in [2.75, 3.05) is 12.8 Å². The summed E-state index contributed by atoms with van der Waals surface area (Å²) < 4.78 is 6.63. The van der Waals surface area contributed by atoms with Crippen LogP contribution in [-0.2, 0) is 0 Å². The largest absolute Gasteiger partial charge is 0.496 e. The van der Waals surface area contributed by atoms with E-state index in [2.05, 4.69) is 6.58 Å². The number of carbonyl (C=O) groups excluding carboxylic acids is 1. The lowest BCUT2D eigenvalue weighted by atomic mass is 10.0. The lowest BCUT2D eigenvalue weighted by Crippen LogP contribution is -2.29. The topological polar surface area (TPSA) is 100 Å². The highest BCUT2D eigenvalue weighted by Crippen LogP contribution is 2.29. The minimum atomic E-state index is -0.707. The molecule has 6 heteroatoms. The van der Waals surface area contributed by atoms with Gasteiger partial charge < -0.3 is 16.2 Å². The van der Waals surface area contributed by atoms with Crippen LogP contribution in [0.3, 0.4) is 0 Å². The summed E-state index contributed by atoms with van der Waals surface area (Å²) in [5.41, 5.74) is 14.2. The van der Waals surface area contributed by atoms with Gasteiger partial charge in [-0.3, -0.25) is 14.2 Å². The summed E-state index contributed by atoms with van der Waals surface area (Å²) in [5.74, 6) is -0.0952. The summed E-state index contributed by atoms with van der Waals surface area (Å²) in [6.07, 6.45) is 0. The lowest BCUT2D eigenvalue weighted by Gasteiger charge is -2.20. The minimum absolute atomic E-state index is 0.00282. The molecule has 0 atom stereocenters. The van der Waals surface area contributed by atoms with E-state index in [9.17, 15) is 9.59 Å². The first-order valence-electron chi connectivity index (χ1n) is 7.36. The van der Waals surface area contributed by atoms with Crippen molar-refractivity contribution in [1.82, 2.24) is 4.57 Å². The van der Waals surface area contributed by atoms with E-state index in [0.717, 1.165) is 11.1 Å². The third-order valence-corrected chi connectivity index (χ3v) is 3.99. The fourth-order valence-electron chi connectivity index (χ4n) is 2.74. The Labute approximate surface area is 140 Å². The van der Waals surface area contributed by atoms with Crippen LogP contribution in [0.2, 0.25) is 0 Å². The number of nitrogen functional groups attached to an aromatic ring is 1. The van der Waals surface area contributed by atoms with Crippen LogP contribution >= 0.6 is 0 Å². The van der Waals surface area contributed by atoms with Gasteiger partial charge in [0, 0.05) is 11.1 Å². The van der Waals surface area contributed by atoms with Crippen molar-refractivity contribution in [3.05, 3.63) is 57.4 Å². The average Bonchev–Trinajstić information content (AvgIpc) is 2.49. The molecule has 0 aliphatic heterocycles. The number of nitrogens with zero attached hydrogens (tertiary/aromatic N) is 1. The molecule has 0 aliphatic rings. The zero-order chi connectivity index (χ0) is 18.2. The van der Waals surface area contributed by atoms with Gasteiger partial charge in [-0.05, 0) is 44.0 Å². The Kier molecular flexibility index (Phi) is 4.50. The van der Waals surface area contributed by atoms with Crippen molar-refractivity contribution in [2.24, 2.45) is 5.73 Å². The van der Waals surface area contributed by atoms with Gasteiger partial charge in [-0.15, -0.1) is 0 Å². The number of amides is 1. The Bertz CT molecular complexity index is 911. The van der Waals surface area contributed by atoms with Gasteiger partial charge in [0.2, 0.25) is 0 Å². The van der Waals surface area contributed by atoms with Crippen molar-refractivity contribution in [3.8, 4) is 11.4 Å². The van der Waals surface area contributed by atoms with Crippen LogP contribution in [0.15, 0.2) is 29.6 Å². The van der Waals surface area contributed by atoms with Crippen molar-refractivity contribution < 1.29 is 9.53 Å². The number of ether oxygens (including phenoxy) is 1. The van der Waals surface area contributed by atoms with Gasteiger partial charge in [-0.2, -0.15) is 0 Å². The van der Waals surface area contributed by atoms with E-state index in [1.54, 1.807) is 14.0 Å². The minimum Gasteiger partial charge on any atom is -0.496 e. The molecule has 0 radical (unpaired) electrons. The number of hydrogen-bond acceptors (Lipinski definition) is 4. The lowest BCUT2D eigenvalue weighted by molar-refractivity contribution is 0.100. The molecule has 1 amide bonds. The summed E-state index contributed by atoms with van der Waals surface area (Å²) in [4.78, 5) is 24.7. The summed E-state index contributed by atoms with van der Waals surface area (Å²) in [6.45, 7) is 9.16. The van der Waals surface area contributed by atoms with Crippen LogP contribution in [0.4, 0.5) is 5.82 Å². The van der Waals surface area contributed by atoms with Crippen molar-refractivity contribution in [1.29, 1.82) is 0 Å². The zero-order valence-corrected chi connectivity index (χ0v) is 14.3. The molecule has 0 unspecified atom stereocenters. The molecule has 1 aromatic carbocycles. The molecule has 1 aromatic heterocycles. The number of carbonyl (C=O) groups is 1. The number of primary amides is 1. The van der Waals surface area contributed by atoms with Crippen LogP contribution in [-0.4, -0.2) is 17.6 Å². The van der Waals surface area contributed by atoms with E-state index in [-0.39, 0.29) is 16.9 Å². The number of methoxy groups -OCH3 is 1. The highest BCUT2D eigenvalue weighted by Gasteiger charge is 2.21. The number of benzene rings is 1. The van der Waals surface area contributed by atoms with Crippen LogP contribution in [0.1, 0.15) is 34.0 Å². The quantitative estimate of drug-likeness (QED) is 0.898. The maximum absolute atomic E-state index is 12.9. The van der Waals surface area contributed by atoms with E-state index in [0.29, 0.717) is 22.6 Å². The van der Waals surface area contributed by atoms with Gasteiger partial charge in [-0.25, -0.2) is 0 Å². The molecular formula is C18H21N3O3. The first kappa shape index (κ1) is 17.3. The van der Waals surface area contributed by atoms with Crippen molar-refractivity contribution in [3.63, 3.8) is 0 Å². The number of allylic oxidation sites excluding steroid dienone is 1. The molecule has 4 N–H and O–H groups in total. The second-order valence-corrected chi connectivity index (χ2v) is 5.70. The summed E-state index contributed by atoms with van der Waals surface area (Å²) in [6, 6.07) is 5.03. The average molecular weight is 327 g/mol. The summed E-state index contributed by atoms with van der Waals surface area (Å²) >= 11 is 0. The number of rotatable bonds is 4. The van der Waals surface area contributed by atoms with Gasteiger partial charge in [0.05, 0.1) is 18.4 Å². The van der Waals surface area contributed by atoms with Crippen molar-refractivity contribution >= 4 is 17.3 Å². The van der Waals surface area contributed by atoms with Crippen molar-refractivity contribution in [2.45, 2.75) is 20.8 Å². The Morgan fingerprint density at radius 3 is 2.38 bits per heavy atom. The van der Waals surface area contributed by atoms with E-state index in [4.69, 9.17) is 16.2 Å². The fourth-order valence-corrected chi connectivity index (χ4v) is 2.74. The van der Waals surface area contributed by atoms with Crippen LogP contribution in [0, 0.1) is 13.8 Å². The monoisotopic (exact) mass is 327 g/mol. The highest BCUT2D eigenvalue weighted by molar-refractivity contribution is 5.98. The number of aromatic nitrogens is 1. The predicted molar refractivity (Wildman–Crippen MR) is 95.7 cm³/mol. The Hall–Kier alpha value is -3.02. The van der Waals surface area contributed by atoms with E-state index in [1.165, 1.54) is 10.6 Å². The highest BCUT2D eigenvalue weighted by atomic mass is 16.5. The smallest absolute Gasteiger partial charge is 0.264 e. The fraction of sp³-hybridized carbons (Fsp3) is 0.222. The van der Waals surface area contributed by atoms with Gasteiger partial charge in [-0.1, -0.05) is 12.6 Å². The van der Waals surface area contributed by atoms with Gasteiger partial charge in [0.1, 0.15) is 11.6 Å². The molecule has 2 aromatic rings. The number of nitrogens with two attached hydrogens (primary N) is 2. The molecule has 1 heterocycles. The third-order valence-electron chi connectivity index (χ3n) is 3.99. The SMILES string of the molecule is C=C(C)c1cc(C(N)=O)c(N)n(-c2c(C)ccc(OC)c2C)c1=O. The molecule has 0 saturated heterocycles. The standard InChI is InChI=1S/C18H21N3O3/c1-9(2)12-8-13(17(20)22)16(19)21(18(12)23)15-10(3)6-7-14(24-5)11(15)4/h6-8H,1,19H2,2-5H3,(H2,20,22). The predicted octanol–water partition coefficient (Wildman–Crippen LogP) is 2.18. The molecule has 24 heavy (non-hydrogen) atoms. The number of anilines is 1. The molecule has 126 valence electrons. The van der Waals surface area contributed by atoms with Crippen LogP contribution in [0.5, 0.6) is 5.75 Å². The van der Waals surface area contributed by atoms with Crippen LogP contribution < -0.4 is 21.8 Å². The molecule has 6 nitrogen and oxygen atoms in total. The summed E-state index contributed by atoms with van der Waals surface area (Å²) in [5, 5.41) is 0.